The molecule has 1 N–H and O–H groups in total. The maximum absolute atomic E-state index is 10.3. The molecule has 0 heterocycles. The fourth-order valence-corrected chi connectivity index (χ4v) is 0.574. The molecule has 0 aliphatic carbocycles. The van der Waals surface area contributed by atoms with Crippen LogP contribution in [0.2, 0.25) is 0 Å². The van der Waals surface area contributed by atoms with E-state index in [2.05, 4.69) is 4.74 Å². The summed E-state index contributed by atoms with van der Waals surface area (Å²) in [4.78, 5) is 20.5. The van der Waals surface area contributed by atoms with Crippen LogP contribution in [0, 0.1) is 0 Å². The highest BCUT2D eigenvalue weighted by Crippen LogP contribution is 2.06. The molecule has 0 amide bonds. The summed E-state index contributed by atoms with van der Waals surface area (Å²) in [7, 11) is 0. The third kappa shape index (κ3) is 3.83. The molecule has 0 saturated carbocycles. The third-order valence-corrected chi connectivity index (χ3v) is 1.54. The van der Waals surface area contributed by atoms with Crippen molar-refractivity contribution >= 4 is 23.5 Å². The lowest BCUT2D eigenvalue weighted by Gasteiger charge is -2.13. The molecule has 64 valence electrons. The van der Waals surface area contributed by atoms with Crippen LogP contribution in [0.5, 0.6) is 0 Å². The lowest BCUT2D eigenvalue weighted by Crippen LogP contribution is -2.30. The maximum atomic E-state index is 10.3. The van der Waals surface area contributed by atoms with Crippen LogP contribution in [-0.4, -0.2) is 28.5 Å². The molecular formula is C6H9ClO4. The predicted octanol–water partition coefficient (Wildman–Crippen LogP) is 0.630. The Hall–Kier alpha value is -0.770. The van der Waals surface area contributed by atoms with Crippen LogP contribution < -0.4 is 0 Å². The summed E-state index contributed by atoms with van der Waals surface area (Å²) in [5, 5.41) is 7.16. The average molecular weight is 181 g/mol. The molecule has 0 radical (unpaired) electrons. The van der Waals surface area contributed by atoms with Gasteiger partial charge in [0, 0.05) is 6.92 Å². The number of ether oxygens (including phenoxy) is 1. The largest absolute Gasteiger partial charge is 0.480 e. The van der Waals surface area contributed by atoms with E-state index in [0.717, 1.165) is 0 Å². The summed E-state index contributed by atoms with van der Waals surface area (Å²) in [5.74, 6) is -1.73. The summed E-state index contributed by atoms with van der Waals surface area (Å²) in [6.07, 6.45) is -0.799. The molecule has 0 aromatic carbocycles. The number of rotatable bonds is 3. The molecule has 2 unspecified atom stereocenters. The van der Waals surface area contributed by atoms with Crippen LogP contribution >= 0.6 is 11.6 Å². The lowest BCUT2D eigenvalue weighted by atomic mass is 10.3. The minimum atomic E-state index is -1.19. The third-order valence-electron chi connectivity index (χ3n) is 1.000. The first-order chi connectivity index (χ1) is 4.95. The van der Waals surface area contributed by atoms with Crippen molar-refractivity contribution in [1.82, 2.24) is 0 Å². The van der Waals surface area contributed by atoms with Gasteiger partial charge in [0.05, 0.1) is 0 Å². The fraction of sp³-hybridized carbons (Fsp3) is 0.667. The summed E-state index contributed by atoms with van der Waals surface area (Å²) in [6, 6.07) is 0. The summed E-state index contributed by atoms with van der Waals surface area (Å²) >= 11 is 5.33. The van der Waals surface area contributed by atoms with E-state index in [1.54, 1.807) is 0 Å². The molecule has 11 heavy (non-hydrogen) atoms. The second kappa shape index (κ2) is 4.18. The standard InChI is InChI=1S/C6H9ClO4/c1-3(11-4(2)8)5(7)6(9)10/h3,5H,1-2H3,(H,9,10). The molecular weight excluding hydrogens is 172 g/mol. The lowest BCUT2D eigenvalue weighted by molar-refractivity contribution is -0.149. The highest BCUT2D eigenvalue weighted by Gasteiger charge is 2.23. The van der Waals surface area contributed by atoms with Crippen LogP contribution in [0.1, 0.15) is 13.8 Å². The monoisotopic (exact) mass is 180 g/mol. The van der Waals surface area contributed by atoms with Crippen molar-refractivity contribution in [2.75, 3.05) is 0 Å². The molecule has 4 nitrogen and oxygen atoms in total. The second-order valence-corrected chi connectivity index (χ2v) is 2.52. The molecule has 0 aromatic heterocycles. The van der Waals surface area contributed by atoms with Crippen molar-refractivity contribution in [1.29, 1.82) is 0 Å². The average Bonchev–Trinajstić information content (AvgIpc) is 1.84. The quantitative estimate of drug-likeness (QED) is 0.511. The van der Waals surface area contributed by atoms with Crippen LogP contribution in [0.15, 0.2) is 0 Å². The van der Waals surface area contributed by atoms with Crippen LogP contribution in [0.25, 0.3) is 0 Å². The maximum Gasteiger partial charge on any atom is 0.325 e. The Kier molecular flexibility index (Phi) is 3.89. The van der Waals surface area contributed by atoms with Gasteiger partial charge >= 0.3 is 11.9 Å². The van der Waals surface area contributed by atoms with Crippen LogP contribution in [0.4, 0.5) is 0 Å². The smallest absolute Gasteiger partial charge is 0.325 e. The van der Waals surface area contributed by atoms with Gasteiger partial charge in [-0.05, 0) is 6.92 Å². The van der Waals surface area contributed by atoms with Gasteiger partial charge in [-0.25, -0.2) is 0 Å². The number of esters is 1. The van der Waals surface area contributed by atoms with Crippen molar-refractivity contribution in [3.8, 4) is 0 Å². The van der Waals surface area contributed by atoms with Crippen LogP contribution in [-0.2, 0) is 14.3 Å². The molecule has 0 spiro atoms. The Morgan fingerprint density at radius 1 is 1.55 bits per heavy atom. The molecule has 0 aliphatic rings. The fourth-order valence-electron chi connectivity index (χ4n) is 0.522. The van der Waals surface area contributed by atoms with E-state index in [0.29, 0.717) is 0 Å². The molecule has 5 heteroatoms. The topological polar surface area (TPSA) is 63.6 Å². The van der Waals surface area contributed by atoms with E-state index in [4.69, 9.17) is 16.7 Å². The summed E-state index contributed by atoms with van der Waals surface area (Å²) < 4.78 is 4.52. The number of alkyl halides is 1. The van der Waals surface area contributed by atoms with Gasteiger partial charge in [0.15, 0.2) is 5.38 Å². The Bertz CT molecular complexity index is 168. The van der Waals surface area contributed by atoms with Crippen molar-refractivity contribution in [3.05, 3.63) is 0 Å². The van der Waals surface area contributed by atoms with Crippen molar-refractivity contribution in [2.45, 2.75) is 25.3 Å². The Morgan fingerprint density at radius 3 is 2.27 bits per heavy atom. The molecule has 0 rings (SSSR count). The first kappa shape index (κ1) is 10.2. The van der Waals surface area contributed by atoms with E-state index in [-0.39, 0.29) is 0 Å². The van der Waals surface area contributed by atoms with E-state index >= 15 is 0 Å². The van der Waals surface area contributed by atoms with Gasteiger partial charge in [0.25, 0.3) is 0 Å². The van der Waals surface area contributed by atoms with Crippen molar-refractivity contribution < 1.29 is 19.4 Å². The van der Waals surface area contributed by atoms with Gasteiger partial charge in [-0.3, -0.25) is 9.59 Å². The van der Waals surface area contributed by atoms with E-state index in [1.165, 1.54) is 13.8 Å². The van der Waals surface area contributed by atoms with Gasteiger partial charge in [0.2, 0.25) is 0 Å². The normalized spacial score (nSPS) is 15.2. The Morgan fingerprint density at radius 2 is 2.00 bits per heavy atom. The second-order valence-electron chi connectivity index (χ2n) is 2.05. The van der Waals surface area contributed by atoms with E-state index in [1.807, 2.05) is 0 Å². The molecule has 0 saturated heterocycles. The minimum Gasteiger partial charge on any atom is -0.480 e. The number of aliphatic carboxylic acids is 1. The molecule has 0 fully saturated rings. The number of carbonyl (C=O) groups is 2. The van der Waals surface area contributed by atoms with E-state index < -0.39 is 23.4 Å². The SMILES string of the molecule is CC(=O)OC(C)C(Cl)C(=O)O. The first-order valence-electron chi connectivity index (χ1n) is 2.99. The van der Waals surface area contributed by atoms with Gasteiger partial charge < -0.3 is 9.84 Å². The number of halogens is 1. The first-order valence-corrected chi connectivity index (χ1v) is 3.43. The summed E-state index contributed by atoms with van der Waals surface area (Å²) in [5.41, 5.74) is 0. The highest BCUT2D eigenvalue weighted by molar-refractivity contribution is 6.30. The highest BCUT2D eigenvalue weighted by atomic mass is 35.5. The zero-order valence-electron chi connectivity index (χ0n) is 6.20. The minimum absolute atomic E-state index is 0.538. The predicted molar refractivity (Wildman–Crippen MR) is 38.5 cm³/mol. The zero-order chi connectivity index (χ0) is 9.02. The van der Waals surface area contributed by atoms with Gasteiger partial charge in [-0.1, -0.05) is 0 Å². The molecule has 0 aliphatic heterocycles. The zero-order valence-corrected chi connectivity index (χ0v) is 6.96. The Balaban J connectivity index is 3.92. The van der Waals surface area contributed by atoms with Crippen molar-refractivity contribution in [3.63, 3.8) is 0 Å². The number of carbonyl (C=O) groups excluding carboxylic acids is 1. The van der Waals surface area contributed by atoms with Crippen LogP contribution in [0.3, 0.4) is 0 Å². The van der Waals surface area contributed by atoms with Gasteiger partial charge in [-0.2, -0.15) is 0 Å². The molecule has 0 bridgehead atoms. The van der Waals surface area contributed by atoms with Crippen molar-refractivity contribution in [2.24, 2.45) is 0 Å². The molecule has 0 aromatic rings. The number of carboxylic acids is 1. The number of hydrogen-bond donors (Lipinski definition) is 1. The summed E-state index contributed by atoms with van der Waals surface area (Å²) in [6.45, 7) is 2.62. The number of hydrogen-bond acceptors (Lipinski definition) is 3. The van der Waals surface area contributed by atoms with E-state index in [9.17, 15) is 9.59 Å². The van der Waals surface area contributed by atoms with Gasteiger partial charge in [-0.15, -0.1) is 11.6 Å². The number of carboxylic acid groups (broad SMARTS) is 1. The Labute approximate surface area is 69.1 Å². The molecule has 2 atom stereocenters. The van der Waals surface area contributed by atoms with Gasteiger partial charge in [0.1, 0.15) is 6.10 Å².